The van der Waals surface area contributed by atoms with Gasteiger partial charge in [-0.15, -0.1) is 0 Å². The maximum absolute atomic E-state index is 12.9. The summed E-state index contributed by atoms with van der Waals surface area (Å²) in [6, 6.07) is 15.4. The van der Waals surface area contributed by atoms with Crippen LogP contribution in [0.3, 0.4) is 0 Å². The molecule has 0 amide bonds. The third kappa shape index (κ3) is 2.34. The average Bonchev–Trinajstić information content (AvgIpc) is 3.17. The van der Waals surface area contributed by atoms with Gasteiger partial charge in [-0.05, 0) is 29.8 Å². The van der Waals surface area contributed by atoms with Crippen LogP contribution >= 0.6 is 11.6 Å². The van der Waals surface area contributed by atoms with Crippen LogP contribution in [0, 0.1) is 0 Å². The van der Waals surface area contributed by atoms with Gasteiger partial charge in [-0.25, -0.2) is 8.42 Å². The topological polar surface area (TPSA) is 86.2 Å². The van der Waals surface area contributed by atoms with Crippen LogP contribution in [0.4, 0.5) is 0 Å². The van der Waals surface area contributed by atoms with Crippen LogP contribution in [0.15, 0.2) is 59.5 Å². The Morgan fingerprint density at radius 2 is 1.64 bits per heavy atom. The summed E-state index contributed by atoms with van der Waals surface area (Å²) in [5.41, 5.74) is 12.0. The molecule has 0 spiro atoms. The van der Waals surface area contributed by atoms with Crippen molar-refractivity contribution in [1.29, 1.82) is 0 Å². The molecule has 1 fully saturated rings. The molecule has 0 saturated heterocycles. The minimum absolute atomic E-state index is 0.108. The maximum Gasteiger partial charge on any atom is 0.183 e. The van der Waals surface area contributed by atoms with E-state index in [1.807, 2.05) is 12.1 Å². The summed E-state index contributed by atoms with van der Waals surface area (Å²) in [5.74, 6) is -0.319. The van der Waals surface area contributed by atoms with Gasteiger partial charge >= 0.3 is 0 Å². The van der Waals surface area contributed by atoms with Gasteiger partial charge in [-0.1, -0.05) is 41.9 Å². The lowest BCUT2D eigenvalue weighted by Gasteiger charge is -2.08. The van der Waals surface area contributed by atoms with E-state index in [-0.39, 0.29) is 17.4 Å². The predicted molar refractivity (Wildman–Crippen MR) is 87.6 cm³/mol. The van der Waals surface area contributed by atoms with Gasteiger partial charge in [0.1, 0.15) is 0 Å². The summed E-state index contributed by atoms with van der Waals surface area (Å²) >= 11 is 5.89. The molecule has 4 nitrogen and oxygen atoms in total. The van der Waals surface area contributed by atoms with Crippen molar-refractivity contribution in [2.75, 3.05) is 6.54 Å². The number of nitrogens with two attached hydrogens (primary N) is 2. The Labute approximate surface area is 135 Å². The van der Waals surface area contributed by atoms with Gasteiger partial charge < -0.3 is 11.5 Å². The predicted octanol–water partition coefficient (Wildman–Crippen LogP) is 1.94. The van der Waals surface area contributed by atoms with E-state index in [9.17, 15) is 8.42 Å². The van der Waals surface area contributed by atoms with Crippen molar-refractivity contribution in [3.8, 4) is 0 Å². The highest BCUT2D eigenvalue weighted by Gasteiger charge is 2.68. The van der Waals surface area contributed by atoms with Crippen molar-refractivity contribution in [2.45, 2.75) is 21.6 Å². The molecule has 0 radical (unpaired) electrons. The Hall–Kier alpha value is -1.40. The molecule has 22 heavy (non-hydrogen) atoms. The minimum atomic E-state index is -3.53. The van der Waals surface area contributed by atoms with Crippen molar-refractivity contribution >= 4 is 21.4 Å². The monoisotopic (exact) mass is 336 g/mol. The molecular formula is C16H17ClN2O2S. The number of rotatable bonds is 4. The van der Waals surface area contributed by atoms with E-state index >= 15 is 0 Å². The lowest BCUT2D eigenvalue weighted by Crippen LogP contribution is -2.39. The van der Waals surface area contributed by atoms with E-state index in [0.29, 0.717) is 5.02 Å². The second kappa shape index (κ2) is 5.35. The van der Waals surface area contributed by atoms with Crippen molar-refractivity contribution in [1.82, 2.24) is 0 Å². The fourth-order valence-corrected chi connectivity index (χ4v) is 5.51. The van der Waals surface area contributed by atoms with Crippen LogP contribution in [-0.4, -0.2) is 25.8 Å². The Kier molecular flexibility index (Phi) is 3.77. The quantitative estimate of drug-likeness (QED) is 0.893. The van der Waals surface area contributed by atoms with Gasteiger partial charge in [0.25, 0.3) is 0 Å². The summed E-state index contributed by atoms with van der Waals surface area (Å²) in [4.78, 5) is 0.278. The smallest absolute Gasteiger partial charge is 0.183 e. The summed E-state index contributed by atoms with van der Waals surface area (Å²) in [5, 5.41) is -0.115. The number of hydrogen-bond acceptors (Lipinski definition) is 4. The molecule has 4 N–H and O–H groups in total. The van der Waals surface area contributed by atoms with Crippen LogP contribution in [-0.2, 0) is 9.84 Å². The van der Waals surface area contributed by atoms with Crippen molar-refractivity contribution in [2.24, 2.45) is 11.5 Å². The molecule has 1 aliphatic carbocycles. The molecule has 0 heterocycles. The molecule has 0 bridgehead atoms. The first-order chi connectivity index (χ1) is 10.4. The maximum atomic E-state index is 12.9. The van der Waals surface area contributed by atoms with Gasteiger partial charge in [0.2, 0.25) is 0 Å². The molecule has 3 atom stereocenters. The molecule has 2 aromatic rings. The molecule has 6 heteroatoms. The third-order valence-corrected chi connectivity index (χ3v) is 6.85. The largest absolute Gasteiger partial charge is 0.329 e. The van der Waals surface area contributed by atoms with Crippen molar-refractivity contribution in [3.63, 3.8) is 0 Å². The standard InChI is InChI=1S/C16H17ClN2O2S/c17-12-8-6-11(7-9-12)14-15(16(14,19)10-18)22(20,21)13-4-2-1-3-5-13/h1-9,14-15H,10,18-19H2/t14-,15+,16-/m0/s1. The summed E-state index contributed by atoms with van der Waals surface area (Å²) in [7, 11) is -3.53. The number of benzene rings is 2. The van der Waals surface area contributed by atoms with Crippen molar-refractivity contribution in [3.05, 3.63) is 65.2 Å². The zero-order valence-corrected chi connectivity index (χ0v) is 13.4. The van der Waals surface area contributed by atoms with Crippen LogP contribution < -0.4 is 11.5 Å². The van der Waals surface area contributed by atoms with E-state index in [1.54, 1.807) is 42.5 Å². The first-order valence-electron chi connectivity index (χ1n) is 6.94. The molecular weight excluding hydrogens is 320 g/mol. The van der Waals surface area contributed by atoms with Gasteiger partial charge in [-0.2, -0.15) is 0 Å². The second-order valence-electron chi connectivity index (χ2n) is 5.62. The van der Waals surface area contributed by atoms with E-state index in [4.69, 9.17) is 23.1 Å². The van der Waals surface area contributed by atoms with E-state index in [2.05, 4.69) is 0 Å². The highest BCUT2D eigenvalue weighted by molar-refractivity contribution is 7.92. The Morgan fingerprint density at radius 1 is 1.05 bits per heavy atom. The van der Waals surface area contributed by atoms with Crippen LogP contribution in [0.25, 0.3) is 0 Å². The van der Waals surface area contributed by atoms with Gasteiger partial charge in [0, 0.05) is 17.5 Å². The lowest BCUT2D eigenvalue weighted by atomic mass is 10.1. The molecule has 1 aliphatic rings. The van der Waals surface area contributed by atoms with Crippen LogP contribution in [0.2, 0.25) is 5.02 Å². The number of halogens is 1. The van der Waals surface area contributed by atoms with E-state index in [1.165, 1.54) is 0 Å². The third-order valence-electron chi connectivity index (χ3n) is 4.29. The van der Waals surface area contributed by atoms with E-state index < -0.39 is 20.6 Å². The first-order valence-corrected chi connectivity index (χ1v) is 8.87. The Bertz CT molecular complexity index is 778. The molecule has 0 aromatic heterocycles. The highest BCUT2D eigenvalue weighted by atomic mass is 35.5. The summed E-state index contributed by atoms with van der Waals surface area (Å²) in [6.45, 7) is 0.108. The zero-order valence-electron chi connectivity index (χ0n) is 11.8. The molecule has 0 unspecified atom stereocenters. The molecule has 116 valence electrons. The van der Waals surface area contributed by atoms with Crippen LogP contribution in [0.1, 0.15) is 11.5 Å². The van der Waals surface area contributed by atoms with Crippen molar-refractivity contribution < 1.29 is 8.42 Å². The summed E-state index contributed by atoms with van der Waals surface area (Å²) < 4.78 is 25.7. The zero-order chi connectivity index (χ0) is 16.0. The lowest BCUT2D eigenvalue weighted by molar-refractivity contribution is 0.586. The van der Waals surface area contributed by atoms with Crippen LogP contribution in [0.5, 0.6) is 0 Å². The minimum Gasteiger partial charge on any atom is -0.329 e. The fourth-order valence-electron chi connectivity index (χ4n) is 3.05. The first kappa shape index (κ1) is 15.5. The normalized spacial score (nSPS) is 27.6. The Balaban J connectivity index is 2.02. The average molecular weight is 337 g/mol. The van der Waals surface area contributed by atoms with Gasteiger partial charge in [0.05, 0.1) is 15.7 Å². The Morgan fingerprint density at radius 3 is 2.18 bits per heavy atom. The number of sulfone groups is 1. The molecule has 2 aromatic carbocycles. The number of hydrogen-bond donors (Lipinski definition) is 2. The van der Waals surface area contributed by atoms with E-state index in [0.717, 1.165) is 5.56 Å². The second-order valence-corrected chi connectivity index (χ2v) is 8.13. The molecule has 0 aliphatic heterocycles. The fraction of sp³-hybridized carbons (Fsp3) is 0.250. The van der Waals surface area contributed by atoms with Gasteiger partial charge in [0.15, 0.2) is 9.84 Å². The SMILES string of the molecule is NC[C@@]1(N)[C@H](S(=O)(=O)c2ccccc2)[C@@H]1c1ccc(Cl)cc1. The molecule has 3 rings (SSSR count). The summed E-state index contributed by atoms with van der Waals surface area (Å²) in [6.07, 6.45) is 0. The highest BCUT2D eigenvalue weighted by Crippen LogP contribution is 2.55. The van der Waals surface area contributed by atoms with Gasteiger partial charge in [-0.3, -0.25) is 0 Å². The molecule has 1 saturated carbocycles.